The molecule has 0 spiro atoms. The third kappa shape index (κ3) is 3.39. The van der Waals surface area contributed by atoms with Crippen molar-refractivity contribution < 1.29 is 17.9 Å². The van der Waals surface area contributed by atoms with Crippen LogP contribution in [-0.2, 0) is 23.1 Å². The first-order valence-electron chi connectivity index (χ1n) is 5.42. The summed E-state index contributed by atoms with van der Waals surface area (Å²) in [6.07, 6.45) is -3.57. The minimum absolute atomic E-state index is 0.558. The summed E-state index contributed by atoms with van der Waals surface area (Å²) in [6.45, 7) is 1.25. The molecular weight excluding hydrogens is 249 g/mol. The van der Waals surface area contributed by atoms with E-state index in [4.69, 9.17) is 4.74 Å². The molecule has 0 fully saturated rings. The molecule has 0 N–H and O–H groups in total. The maximum Gasteiger partial charge on any atom is 0.416 e. The van der Waals surface area contributed by atoms with Crippen molar-refractivity contribution in [3.8, 4) is 0 Å². The van der Waals surface area contributed by atoms with Gasteiger partial charge in [0.25, 0.3) is 0 Å². The smallest absolute Gasteiger partial charge is 0.380 e. The lowest BCUT2D eigenvalue weighted by molar-refractivity contribution is -0.137. The number of hydrogen-bond donors (Lipinski definition) is 0. The molecule has 0 unspecified atom stereocenters. The van der Waals surface area contributed by atoms with E-state index in [1.165, 1.54) is 6.07 Å². The zero-order valence-electron chi connectivity index (χ0n) is 9.22. The standard InChI is InChI=1S/C12H13F3OS/c13-12(14,15)11-2-1-9-3-4-16-5-6-17-8-10(9)7-11/h1-2,7H,3-6,8H2. The molecule has 17 heavy (non-hydrogen) atoms. The van der Waals surface area contributed by atoms with Gasteiger partial charge in [-0.3, -0.25) is 0 Å². The summed E-state index contributed by atoms with van der Waals surface area (Å²) in [6, 6.07) is 4.00. The first-order chi connectivity index (χ1) is 8.07. The van der Waals surface area contributed by atoms with E-state index in [0.29, 0.717) is 25.4 Å². The van der Waals surface area contributed by atoms with Crippen molar-refractivity contribution in [3.05, 3.63) is 34.9 Å². The Morgan fingerprint density at radius 2 is 1.94 bits per heavy atom. The number of fused-ring (bicyclic) bond motifs is 1. The van der Waals surface area contributed by atoms with Crippen LogP contribution in [0.2, 0.25) is 0 Å². The number of rotatable bonds is 0. The summed E-state index contributed by atoms with van der Waals surface area (Å²) in [7, 11) is 0. The van der Waals surface area contributed by atoms with Gasteiger partial charge in [0.15, 0.2) is 0 Å². The number of alkyl halides is 3. The number of halogens is 3. The molecule has 0 saturated heterocycles. The number of hydrogen-bond acceptors (Lipinski definition) is 2. The first-order valence-corrected chi connectivity index (χ1v) is 6.57. The number of thioether (sulfide) groups is 1. The highest BCUT2D eigenvalue weighted by molar-refractivity contribution is 7.98. The first kappa shape index (κ1) is 12.8. The normalized spacial score (nSPS) is 17.8. The van der Waals surface area contributed by atoms with Gasteiger partial charge < -0.3 is 4.74 Å². The molecule has 0 amide bonds. The second-order valence-electron chi connectivity index (χ2n) is 3.90. The van der Waals surface area contributed by atoms with E-state index < -0.39 is 11.7 Å². The summed E-state index contributed by atoms with van der Waals surface area (Å²) in [5, 5.41) is 0. The summed E-state index contributed by atoms with van der Waals surface area (Å²) >= 11 is 1.61. The van der Waals surface area contributed by atoms with Crippen molar-refractivity contribution in [1.82, 2.24) is 0 Å². The minimum Gasteiger partial charge on any atom is -0.380 e. The molecule has 5 heteroatoms. The zero-order chi connectivity index (χ0) is 12.3. The molecule has 1 nitrogen and oxygen atoms in total. The topological polar surface area (TPSA) is 9.23 Å². The fourth-order valence-electron chi connectivity index (χ4n) is 1.76. The molecule has 1 aromatic carbocycles. The molecule has 0 aromatic heterocycles. The monoisotopic (exact) mass is 262 g/mol. The Morgan fingerprint density at radius 1 is 1.12 bits per heavy atom. The van der Waals surface area contributed by atoms with E-state index in [-0.39, 0.29) is 0 Å². The highest BCUT2D eigenvalue weighted by Gasteiger charge is 2.30. The maximum atomic E-state index is 12.6. The van der Waals surface area contributed by atoms with Crippen molar-refractivity contribution >= 4 is 11.8 Å². The largest absolute Gasteiger partial charge is 0.416 e. The lowest BCUT2D eigenvalue weighted by Gasteiger charge is -2.12. The molecule has 1 aliphatic rings. The average Bonchev–Trinajstić information content (AvgIpc) is 2.38. The van der Waals surface area contributed by atoms with Crippen LogP contribution in [0.1, 0.15) is 16.7 Å². The third-order valence-electron chi connectivity index (χ3n) is 2.68. The quantitative estimate of drug-likeness (QED) is 0.707. The Labute approximate surface area is 102 Å². The molecule has 1 aliphatic heterocycles. The summed E-state index contributed by atoms with van der Waals surface area (Å²) < 4.78 is 43.1. The molecule has 0 radical (unpaired) electrons. The second-order valence-corrected chi connectivity index (χ2v) is 5.00. The van der Waals surface area contributed by atoms with E-state index in [2.05, 4.69) is 0 Å². The van der Waals surface area contributed by atoms with Crippen LogP contribution < -0.4 is 0 Å². The molecule has 94 valence electrons. The Kier molecular flexibility index (Phi) is 3.99. The summed E-state index contributed by atoms with van der Waals surface area (Å²) in [5.41, 5.74) is 1.19. The molecule has 0 aliphatic carbocycles. The molecule has 1 heterocycles. The van der Waals surface area contributed by atoms with Gasteiger partial charge in [-0.1, -0.05) is 6.07 Å². The van der Waals surface area contributed by atoms with Crippen LogP contribution in [0.15, 0.2) is 18.2 Å². The Balaban J connectivity index is 2.28. The fraction of sp³-hybridized carbons (Fsp3) is 0.500. The molecule has 1 aromatic rings. The van der Waals surface area contributed by atoms with Crippen molar-refractivity contribution in [2.45, 2.75) is 18.3 Å². The van der Waals surface area contributed by atoms with Crippen LogP contribution in [0.25, 0.3) is 0 Å². The van der Waals surface area contributed by atoms with Gasteiger partial charge in [-0.15, -0.1) is 0 Å². The van der Waals surface area contributed by atoms with E-state index in [1.54, 1.807) is 17.8 Å². The highest BCUT2D eigenvalue weighted by atomic mass is 32.2. The molecular formula is C12H13F3OS. The SMILES string of the molecule is FC(F)(F)c1ccc2c(c1)CSCCOCC2. The molecule has 0 atom stereocenters. The van der Waals surface area contributed by atoms with Crippen LogP contribution in [0.5, 0.6) is 0 Å². The fourth-order valence-corrected chi connectivity index (χ4v) is 2.63. The number of benzene rings is 1. The van der Waals surface area contributed by atoms with Crippen molar-refractivity contribution in [1.29, 1.82) is 0 Å². The van der Waals surface area contributed by atoms with E-state index in [0.717, 1.165) is 22.9 Å². The Morgan fingerprint density at radius 3 is 2.71 bits per heavy atom. The average molecular weight is 262 g/mol. The van der Waals surface area contributed by atoms with Gasteiger partial charge in [0.1, 0.15) is 0 Å². The van der Waals surface area contributed by atoms with Crippen LogP contribution in [0, 0.1) is 0 Å². The minimum atomic E-state index is -4.26. The zero-order valence-corrected chi connectivity index (χ0v) is 10.0. The van der Waals surface area contributed by atoms with Gasteiger partial charge in [0.2, 0.25) is 0 Å². The highest BCUT2D eigenvalue weighted by Crippen LogP contribution is 2.32. The van der Waals surface area contributed by atoms with Crippen LogP contribution >= 0.6 is 11.8 Å². The van der Waals surface area contributed by atoms with Crippen molar-refractivity contribution in [2.75, 3.05) is 19.0 Å². The van der Waals surface area contributed by atoms with Crippen molar-refractivity contribution in [2.24, 2.45) is 0 Å². The van der Waals surface area contributed by atoms with Gasteiger partial charge in [0.05, 0.1) is 18.8 Å². The van der Waals surface area contributed by atoms with Crippen LogP contribution in [-0.4, -0.2) is 19.0 Å². The van der Waals surface area contributed by atoms with E-state index >= 15 is 0 Å². The van der Waals surface area contributed by atoms with Crippen molar-refractivity contribution in [3.63, 3.8) is 0 Å². The molecule has 2 rings (SSSR count). The summed E-state index contributed by atoms with van der Waals surface area (Å²) in [4.78, 5) is 0. The van der Waals surface area contributed by atoms with Crippen LogP contribution in [0.3, 0.4) is 0 Å². The second kappa shape index (κ2) is 5.31. The van der Waals surface area contributed by atoms with Gasteiger partial charge >= 0.3 is 6.18 Å². The van der Waals surface area contributed by atoms with Gasteiger partial charge in [-0.2, -0.15) is 24.9 Å². The lowest BCUT2D eigenvalue weighted by Crippen LogP contribution is -2.07. The molecule has 0 bridgehead atoms. The molecule has 0 saturated carbocycles. The van der Waals surface area contributed by atoms with E-state index in [1.807, 2.05) is 0 Å². The summed E-state index contributed by atoms with van der Waals surface area (Å²) in [5.74, 6) is 1.46. The lowest BCUT2D eigenvalue weighted by atomic mass is 10.0. The maximum absolute atomic E-state index is 12.6. The van der Waals surface area contributed by atoms with Gasteiger partial charge in [0, 0.05) is 11.5 Å². The van der Waals surface area contributed by atoms with Gasteiger partial charge in [-0.05, 0) is 29.7 Å². The third-order valence-corrected chi connectivity index (χ3v) is 3.65. The Bertz CT molecular complexity index is 390. The Hall–Kier alpha value is -0.680. The van der Waals surface area contributed by atoms with Crippen LogP contribution in [0.4, 0.5) is 13.2 Å². The van der Waals surface area contributed by atoms with Gasteiger partial charge in [-0.25, -0.2) is 0 Å². The predicted octanol–water partition coefficient (Wildman–Crippen LogP) is 3.51. The number of ether oxygens (including phenoxy) is 1. The van der Waals surface area contributed by atoms with E-state index in [9.17, 15) is 13.2 Å². The predicted molar refractivity (Wildman–Crippen MR) is 62.1 cm³/mol.